The Balaban J connectivity index is 1.77. The molecule has 9 heteroatoms. The number of methoxy groups -OCH3 is 1. The van der Waals surface area contributed by atoms with Crippen LogP contribution in [0.25, 0.3) is 10.2 Å². The number of carbonyl (C=O) groups is 2. The number of hydrogen-bond acceptors (Lipinski definition) is 7. The van der Waals surface area contributed by atoms with Gasteiger partial charge in [0.1, 0.15) is 10.6 Å². The van der Waals surface area contributed by atoms with Crippen LogP contribution in [0.15, 0.2) is 34.4 Å². The van der Waals surface area contributed by atoms with Gasteiger partial charge in [-0.1, -0.05) is 12.1 Å². The lowest BCUT2D eigenvalue weighted by molar-refractivity contribution is -0.142. The number of H-pyrrole nitrogens is 1. The topological polar surface area (TPSA) is 110 Å². The maximum atomic E-state index is 12.4. The third-order valence-electron chi connectivity index (χ3n) is 3.96. The number of aromatic amines is 1. The smallest absolute Gasteiger partial charge is 0.310 e. The SMILES string of the molecule is CCOC(=O)Cc1csc2nc(C(=O)NCc3cccc(OC)c3)[nH]c(=O)c12. The largest absolute Gasteiger partial charge is 0.497 e. The van der Waals surface area contributed by atoms with E-state index in [2.05, 4.69) is 15.3 Å². The Hall–Kier alpha value is -3.20. The van der Waals surface area contributed by atoms with Crippen LogP contribution in [-0.4, -0.2) is 35.6 Å². The molecule has 0 radical (unpaired) electrons. The molecule has 0 aliphatic heterocycles. The number of amides is 1. The molecule has 0 fully saturated rings. The lowest BCUT2D eigenvalue weighted by atomic mass is 10.2. The molecule has 0 unspecified atom stereocenters. The summed E-state index contributed by atoms with van der Waals surface area (Å²) < 4.78 is 10.1. The molecule has 1 aromatic carbocycles. The van der Waals surface area contributed by atoms with Crippen LogP contribution in [0, 0.1) is 0 Å². The summed E-state index contributed by atoms with van der Waals surface area (Å²) in [5.74, 6) is -0.304. The molecule has 0 spiro atoms. The number of carbonyl (C=O) groups excluding carboxylic acids is 2. The molecule has 0 aliphatic rings. The van der Waals surface area contributed by atoms with Crippen molar-refractivity contribution in [2.75, 3.05) is 13.7 Å². The monoisotopic (exact) mass is 401 g/mol. The number of nitrogens with zero attached hydrogens (tertiary/aromatic N) is 1. The molecule has 146 valence electrons. The summed E-state index contributed by atoms with van der Waals surface area (Å²) in [7, 11) is 1.57. The number of fused-ring (bicyclic) bond motifs is 1. The fraction of sp³-hybridized carbons (Fsp3) is 0.263. The predicted octanol–water partition coefficient (Wildman–Crippen LogP) is 2.03. The zero-order chi connectivity index (χ0) is 20.1. The highest BCUT2D eigenvalue weighted by molar-refractivity contribution is 7.16. The van der Waals surface area contributed by atoms with Gasteiger partial charge < -0.3 is 19.8 Å². The van der Waals surface area contributed by atoms with Gasteiger partial charge in [-0.3, -0.25) is 14.4 Å². The van der Waals surface area contributed by atoms with Crippen LogP contribution in [0.3, 0.4) is 0 Å². The van der Waals surface area contributed by atoms with Crippen molar-refractivity contribution in [1.82, 2.24) is 15.3 Å². The van der Waals surface area contributed by atoms with E-state index in [1.165, 1.54) is 11.3 Å². The van der Waals surface area contributed by atoms with Crippen LogP contribution in [0.2, 0.25) is 0 Å². The molecular weight excluding hydrogens is 382 g/mol. The second-order valence-electron chi connectivity index (χ2n) is 5.87. The van der Waals surface area contributed by atoms with Gasteiger partial charge in [0.25, 0.3) is 11.5 Å². The highest BCUT2D eigenvalue weighted by atomic mass is 32.1. The number of hydrogen-bond donors (Lipinski definition) is 2. The summed E-state index contributed by atoms with van der Waals surface area (Å²) in [6, 6.07) is 7.29. The van der Waals surface area contributed by atoms with Gasteiger partial charge in [0.2, 0.25) is 5.82 Å². The molecule has 2 heterocycles. The highest BCUT2D eigenvalue weighted by Crippen LogP contribution is 2.22. The van der Waals surface area contributed by atoms with Gasteiger partial charge in [-0.25, -0.2) is 4.98 Å². The molecule has 3 rings (SSSR count). The molecule has 2 N–H and O–H groups in total. The van der Waals surface area contributed by atoms with E-state index in [-0.39, 0.29) is 25.4 Å². The summed E-state index contributed by atoms with van der Waals surface area (Å²) in [5, 5.41) is 4.71. The van der Waals surface area contributed by atoms with Crippen LogP contribution in [0.1, 0.15) is 28.7 Å². The predicted molar refractivity (Wildman–Crippen MR) is 105 cm³/mol. The Morgan fingerprint density at radius 2 is 2.14 bits per heavy atom. The van der Waals surface area contributed by atoms with Gasteiger partial charge in [0, 0.05) is 6.54 Å². The number of benzene rings is 1. The third kappa shape index (κ3) is 4.37. The quantitative estimate of drug-likeness (QED) is 0.586. The lowest BCUT2D eigenvalue weighted by Crippen LogP contribution is -2.27. The number of thiophene rings is 1. The van der Waals surface area contributed by atoms with E-state index in [4.69, 9.17) is 9.47 Å². The van der Waals surface area contributed by atoms with Gasteiger partial charge in [-0.05, 0) is 35.6 Å². The molecule has 3 aromatic rings. The number of esters is 1. The van der Waals surface area contributed by atoms with E-state index >= 15 is 0 Å². The first-order valence-corrected chi connectivity index (χ1v) is 9.47. The van der Waals surface area contributed by atoms with Gasteiger partial charge in [-0.15, -0.1) is 11.3 Å². The van der Waals surface area contributed by atoms with Crippen LogP contribution in [0.4, 0.5) is 0 Å². The summed E-state index contributed by atoms with van der Waals surface area (Å²) in [5.41, 5.74) is 0.927. The Labute approximate surface area is 164 Å². The van der Waals surface area contributed by atoms with E-state index in [9.17, 15) is 14.4 Å². The number of ether oxygens (including phenoxy) is 2. The first-order valence-electron chi connectivity index (χ1n) is 8.59. The van der Waals surface area contributed by atoms with E-state index in [1.54, 1.807) is 25.5 Å². The van der Waals surface area contributed by atoms with E-state index in [1.807, 2.05) is 18.2 Å². The van der Waals surface area contributed by atoms with Crippen LogP contribution >= 0.6 is 11.3 Å². The van der Waals surface area contributed by atoms with Gasteiger partial charge in [0.05, 0.1) is 25.5 Å². The number of rotatable bonds is 7. The molecule has 0 aliphatic carbocycles. The second kappa shape index (κ2) is 8.66. The average Bonchev–Trinajstić information content (AvgIpc) is 3.09. The summed E-state index contributed by atoms with van der Waals surface area (Å²) in [4.78, 5) is 43.6. The van der Waals surface area contributed by atoms with Crippen LogP contribution < -0.4 is 15.6 Å². The molecule has 1 amide bonds. The van der Waals surface area contributed by atoms with Crippen molar-refractivity contribution in [2.45, 2.75) is 19.9 Å². The van der Waals surface area contributed by atoms with Crippen molar-refractivity contribution in [3.05, 3.63) is 57.0 Å². The van der Waals surface area contributed by atoms with Crippen molar-refractivity contribution < 1.29 is 19.1 Å². The van der Waals surface area contributed by atoms with Crippen molar-refractivity contribution in [1.29, 1.82) is 0 Å². The highest BCUT2D eigenvalue weighted by Gasteiger charge is 2.17. The van der Waals surface area contributed by atoms with Crippen molar-refractivity contribution in [2.24, 2.45) is 0 Å². The molecule has 2 aromatic heterocycles. The lowest BCUT2D eigenvalue weighted by Gasteiger charge is -2.07. The maximum Gasteiger partial charge on any atom is 0.310 e. The first-order chi connectivity index (χ1) is 13.5. The standard InChI is InChI=1S/C19H19N3O5S/c1-3-27-14(23)8-12-10-28-19-15(12)17(24)21-16(22-19)18(25)20-9-11-5-4-6-13(7-11)26-2/h4-7,10H,3,8-9H2,1-2H3,(H,20,25)(H,21,22,24). The van der Waals surface area contributed by atoms with Crippen LogP contribution in [0.5, 0.6) is 5.75 Å². The molecule has 0 atom stereocenters. The zero-order valence-corrected chi connectivity index (χ0v) is 16.2. The normalized spacial score (nSPS) is 10.6. The van der Waals surface area contributed by atoms with Crippen molar-refractivity contribution in [3.8, 4) is 5.75 Å². The third-order valence-corrected chi connectivity index (χ3v) is 4.88. The van der Waals surface area contributed by atoms with Crippen molar-refractivity contribution in [3.63, 3.8) is 0 Å². The van der Waals surface area contributed by atoms with Crippen LogP contribution in [-0.2, 0) is 22.5 Å². The summed E-state index contributed by atoms with van der Waals surface area (Å²) >= 11 is 1.20. The van der Waals surface area contributed by atoms with E-state index in [0.717, 1.165) is 5.56 Å². The fourth-order valence-electron chi connectivity index (χ4n) is 2.66. The van der Waals surface area contributed by atoms with Gasteiger partial charge in [0.15, 0.2) is 0 Å². The fourth-order valence-corrected chi connectivity index (χ4v) is 3.60. The molecule has 0 saturated carbocycles. The summed E-state index contributed by atoms with van der Waals surface area (Å²) in [6.07, 6.45) is -0.0139. The Morgan fingerprint density at radius 1 is 1.32 bits per heavy atom. The van der Waals surface area contributed by atoms with E-state index < -0.39 is 17.4 Å². The Bertz CT molecular complexity index is 1070. The molecule has 0 bridgehead atoms. The Morgan fingerprint density at radius 3 is 2.89 bits per heavy atom. The molecule has 8 nitrogen and oxygen atoms in total. The zero-order valence-electron chi connectivity index (χ0n) is 15.4. The second-order valence-corrected chi connectivity index (χ2v) is 6.73. The summed E-state index contributed by atoms with van der Waals surface area (Å²) in [6.45, 7) is 2.25. The molecular formula is C19H19N3O5S. The molecule has 28 heavy (non-hydrogen) atoms. The maximum absolute atomic E-state index is 12.4. The van der Waals surface area contributed by atoms with Gasteiger partial charge >= 0.3 is 5.97 Å². The average molecular weight is 401 g/mol. The van der Waals surface area contributed by atoms with E-state index in [0.29, 0.717) is 21.5 Å². The number of aromatic nitrogens is 2. The number of nitrogens with one attached hydrogen (secondary N) is 2. The first kappa shape index (κ1) is 19.6. The Kier molecular flexibility index (Phi) is 6.05. The minimum absolute atomic E-state index is 0.0139. The minimum Gasteiger partial charge on any atom is -0.497 e. The van der Waals surface area contributed by atoms with Crippen molar-refractivity contribution >= 4 is 33.4 Å². The van der Waals surface area contributed by atoms with Gasteiger partial charge in [-0.2, -0.15) is 0 Å². The molecule has 0 saturated heterocycles. The minimum atomic E-state index is -0.498.